The molecule has 5 rings (SSSR count). The average molecular weight is 371 g/mol. The highest BCUT2D eigenvalue weighted by Gasteiger charge is 2.59. The normalized spacial score (nSPS) is 37.6. The van der Waals surface area contributed by atoms with Gasteiger partial charge in [-0.05, 0) is 44.4 Å². The van der Waals surface area contributed by atoms with Crippen LogP contribution in [0.25, 0.3) is 0 Å². The first kappa shape index (κ1) is 17.0. The van der Waals surface area contributed by atoms with Gasteiger partial charge in [0.05, 0.1) is 11.8 Å². The SMILES string of the molecule is CCC1C2c3ccc(C4CCC(=O)O4)n3CCCC2OC12C=C(C)C(=O)O2. The van der Waals surface area contributed by atoms with E-state index in [-0.39, 0.29) is 36.0 Å². The Labute approximate surface area is 158 Å². The summed E-state index contributed by atoms with van der Waals surface area (Å²) in [5.41, 5.74) is 2.93. The van der Waals surface area contributed by atoms with Gasteiger partial charge in [0.2, 0.25) is 5.79 Å². The van der Waals surface area contributed by atoms with Crippen molar-refractivity contribution in [3.63, 3.8) is 0 Å². The third kappa shape index (κ3) is 2.42. The average Bonchev–Trinajstić information content (AvgIpc) is 3.34. The van der Waals surface area contributed by atoms with Gasteiger partial charge in [-0.15, -0.1) is 0 Å². The van der Waals surface area contributed by atoms with E-state index < -0.39 is 5.79 Å². The fourth-order valence-electron chi connectivity index (χ4n) is 5.45. The zero-order valence-corrected chi connectivity index (χ0v) is 15.8. The number of rotatable bonds is 2. The molecule has 0 radical (unpaired) electrons. The topological polar surface area (TPSA) is 66.8 Å². The van der Waals surface area contributed by atoms with Crippen molar-refractivity contribution < 1.29 is 23.8 Å². The molecule has 1 aromatic heterocycles. The van der Waals surface area contributed by atoms with Crippen LogP contribution in [0.1, 0.15) is 69.4 Å². The molecule has 5 heterocycles. The standard InChI is InChI=1S/C21H25NO5/c1-3-13-19-15-7-6-14(16-8-9-18(23)25-16)22(15)10-4-5-17(19)26-21(13)11-12(2)20(24)27-21/h6-7,11,13,16-17,19H,3-5,8-10H2,1-2H3. The van der Waals surface area contributed by atoms with Crippen molar-refractivity contribution in [3.8, 4) is 0 Å². The molecule has 2 saturated heterocycles. The van der Waals surface area contributed by atoms with Gasteiger partial charge in [0, 0.05) is 42.5 Å². The number of cyclic esters (lactones) is 1. The first-order chi connectivity index (χ1) is 13.0. The van der Waals surface area contributed by atoms with E-state index in [1.54, 1.807) is 6.92 Å². The lowest BCUT2D eigenvalue weighted by molar-refractivity contribution is -0.204. The number of ether oxygens (including phenoxy) is 3. The highest BCUT2D eigenvalue weighted by atomic mass is 16.7. The van der Waals surface area contributed by atoms with E-state index in [1.807, 2.05) is 6.08 Å². The van der Waals surface area contributed by atoms with Gasteiger partial charge < -0.3 is 18.8 Å². The van der Waals surface area contributed by atoms with E-state index in [2.05, 4.69) is 23.6 Å². The smallest absolute Gasteiger partial charge is 0.336 e. The minimum atomic E-state index is -0.933. The second-order valence-electron chi connectivity index (χ2n) is 8.13. The summed E-state index contributed by atoms with van der Waals surface area (Å²) in [5, 5.41) is 0. The lowest BCUT2D eigenvalue weighted by atomic mass is 9.80. The van der Waals surface area contributed by atoms with E-state index in [0.717, 1.165) is 37.9 Å². The summed E-state index contributed by atoms with van der Waals surface area (Å²) in [6.45, 7) is 4.82. The highest BCUT2D eigenvalue weighted by molar-refractivity contribution is 5.90. The van der Waals surface area contributed by atoms with Gasteiger partial charge in [-0.2, -0.15) is 0 Å². The lowest BCUT2D eigenvalue weighted by Crippen LogP contribution is -2.36. The monoisotopic (exact) mass is 371 g/mol. The molecule has 1 spiro atoms. The number of esters is 2. The Kier molecular flexibility index (Phi) is 3.76. The molecule has 4 aliphatic heterocycles. The molecule has 4 aliphatic rings. The maximum Gasteiger partial charge on any atom is 0.336 e. The number of hydrogen-bond donors (Lipinski definition) is 0. The van der Waals surface area contributed by atoms with Gasteiger partial charge in [-0.3, -0.25) is 4.79 Å². The van der Waals surface area contributed by atoms with Crippen LogP contribution in [0.15, 0.2) is 23.8 Å². The molecule has 0 bridgehead atoms. The fraction of sp³-hybridized carbons (Fsp3) is 0.619. The largest absolute Gasteiger partial charge is 0.456 e. The van der Waals surface area contributed by atoms with Crippen LogP contribution in [0.5, 0.6) is 0 Å². The van der Waals surface area contributed by atoms with Crippen molar-refractivity contribution in [2.24, 2.45) is 5.92 Å². The van der Waals surface area contributed by atoms with Crippen LogP contribution in [0, 0.1) is 5.92 Å². The molecule has 144 valence electrons. The second kappa shape index (κ2) is 5.96. The summed E-state index contributed by atoms with van der Waals surface area (Å²) in [7, 11) is 0. The van der Waals surface area contributed by atoms with E-state index >= 15 is 0 Å². The van der Waals surface area contributed by atoms with Gasteiger partial charge >= 0.3 is 11.9 Å². The third-order valence-electron chi connectivity index (χ3n) is 6.59. The molecule has 0 aromatic carbocycles. The zero-order chi connectivity index (χ0) is 18.8. The highest BCUT2D eigenvalue weighted by Crippen LogP contribution is 2.54. The molecule has 6 nitrogen and oxygen atoms in total. The minimum Gasteiger partial charge on any atom is -0.456 e. The molecular formula is C21H25NO5. The maximum absolute atomic E-state index is 12.1. The Morgan fingerprint density at radius 3 is 2.70 bits per heavy atom. The number of carbonyl (C=O) groups excluding carboxylic acids is 2. The van der Waals surface area contributed by atoms with E-state index in [0.29, 0.717) is 12.0 Å². The summed E-state index contributed by atoms with van der Waals surface area (Å²) in [6.07, 6.45) is 5.76. The molecule has 0 N–H and O–H groups in total. The number of carbonyl (C=O) groups is 2. The first-order valence-electron chi connectivity index (χ1n) is 10.0. The van der Waals surface area contributed by atoms with Crippen molar-refractivity contribution in [2.75, 3.05) is 0 Å². The molecule has 0 amide bonds. The van der Waals surface area contributed by atoms with Crippen molar-refractivity contribution in [3.05, 3.63) is 35.2 Å². The fourth-order valence-corrected chi connectivity index (χ4v) is 5.45. The van der Waals surface area contributed by atoms with Crippen LogP contribution >= 0.6 is 0 Å². The van der Waals surface area contributed by atoms with Crippen LogP contribution in [0.4, 0.5) is 0 Å². The molecule has 0 saturated carbocycles. The van der Waals surface area contributed by atoms with Gasteiger partial charge in [0.15, 0.2) is 0 Å². The Morgan fingerprint density at radius 1 is 1.22 bits per heavy atom. The zero-order valence-electron chi connectivity index (χ0n) is 15.8. The summed E-state index contributed by atoms with van der Waals surface area (Å²) < 4.78 is 20.0. The summed E-state index contributed by atoms with van der Waals surface area (Å²) in [4.78, 5) is 23.7. The Balaban J connectivity index is 1.55. The van der Waals surface area contributed by atoms with Crippen LogP contribution < -0.4 is 0 Å². The number of nitrogens with zero attached hydrogens (tertiary/aromatic N) is 1. The lowest BCUT2D eigenvalue weighted by Gasteiger charge is -2.29. The van der Waals surface area contributed by atoms with E-state index in [1.165, 1.54) is 5.69 Å². The van der Waals surface area contributed by atoms with Crippen molar-refractivity contribution in [1.82, 2.24) is 4.57 Å². The number of aromatic nitrogens is 1. The van der Waals surface area contributed by atoms with Gasteiger partial charge in [-0.1, -0.05) is 6.92 Å². The summed E-state index contributed by atoms with van der Waals surface area (Å²) >= 11 is 0. The Morgan fingerprint density at radius 2 is 2.04 bits per heavy atom. The van der Waals surface area contributed by atoms with E-state index in [9.17, 15) is 9.59 Å². The van der Waals surface area contributed by atoms with Gasteiger partial charge in [0.1, 0.15) is 6.10 Å². The van der Waals surface area contributed by atoms with Gasteiger partial charge in [0.25, 0.3) is 0 Å². The minimum absolute atomic E-state index is 0.0278. The summed E-state index contributed by atoms with van der Waals surface area (Å²) in [6, 6.07) is 4.25. The Bertz CT molecular complexity index is 840. The molecule has 1 aromatic rings. The molecule has 5 unspecified atom stereocenters. The van der Waals surface area contributed by atoms with Gasteiger partial charge in [-0.25, -0.2) is 4.79 Å². The predicted octanol–water partition coefficient (Wildman–Crippen LogP) is 3.37. The van der Waals surface area contributed by atoms with Crippen molar-refractivity contribution in [2.45, 2.75) is 76.4 Å². The first-order valence-corrected chi connectivity index (χ1v) is 10.0. The molecular weight excluding hydrogens is 346 g/mol. The van der Waals surface area contributed by atoms with Crippen LogP contribution in [0.2, 0.25) is 0 Å². The van der Waals surface area contributed by atoms with Crippen molar-refractivity contribution >= 4 is 11.9 Å². The third-order valence-corrected chi connectivity index (χ3v) is 6.59. The molecule has 2 fully saturated rings. The molecule has 27 heavy (non-hydrogen) atoms. The van der Waals surface area contributed by atoms with Crippen LogP contribution in [-0.2, 0) is 30.3 Å². The molecule has 6 heteroatoms. The van der Waals surface area contributed by atoms with Crippen molar-refractivity contribution in [1.29, 1.82) is 0 Å². The maximum atomic E-state index is 12.1. The van der Waals surface area contributed by atoms with E-state index in [4.69, 9.17) is 14.2 Å². The van der Waals surface area contributed by atoms with Crippen LogP contribution in [-0.4, -0.2) is 28.4 Å². The Hall–Kier alpha value is -2.08. The molecule has 5 atom stereocenters. The number of fused-ring (bicyclic) bond motifs is 3. The predicted molar refractivity (Wildman–Crippen MR) is 95.7 cm³/mol. The second-order valence-corrected chi connectivity index (χ2v) is 8.13. The molecule has 0 aliphatic carbocycles. The quantitative estimate of drug-likeness (QED) is 0.746. The summed E-state index contributed by atoms with van der Waals surface area (Å²) in [5.74, 6) is -1.08. The number of hydrogen-bond acceptors (Lipinski definition) is 5. The van der Waals surface area contributed by atoms with Crippen LogP contribution in [0.3, 0.4) is 0 Å².